The average Bonchev–Trinajstić information content (AvgIpc) is 2.55. The largest absolute Gasteiger partial charge is 0.360 e. The summed E-state index contributed by atoms with van der Waals surface area (Å²) >= 11 is 0. The van der Waals surface area contributed by atoms with Crippen molar-refractivity contribution in [1.29, 1.82) is 0 Å². The van der Waals surface area contributed by atoms with Crippen LogP contribution < -0.4 is 14.9 Å². The number of amides is 1. The van der Waals surface area contributed by atoms with Gasteiger partial charge in [0.2, 0.25) is 20.0 Å². The van der Waals surface area contributed by atoms with Crippen molar-refractivity contribution in [1.82, 2.24) is 9.84 Å². The van der Waals surface area contributed by atoms with E-state index < -0.39 is 32.1 Å². The molecule has 1 aliphatic rings. The molecule has 0 saturated heterocycles. The molecule has 1 amide bonds. The van der Waals surface area contributed by atoms with Crippen LogP contribution in [0.4, 0.5) is 11.4 Å². The summed E-state index contributed by atoms with van der Waals surface area (Å²) in [5.74, 6) is -0.561. The number of carbonyl (C=O) groups is 1. The monoisotopic (exact) mass is 410 g/mol. The number of benzene rings is 2. The molecule has 0 radical (unpaired) electrons. The van der Waals surface area contributed by atoms with Gasteiger partial charge in [-0.15, -0.1) is 4.83 Å². The first-order valence-electron chi connectivity index (χ1n) is 7.78. The molecule has 0 bridgehead atoms. The summed E-state index contributed by atoms with van der Waals surface area (Å²) in [6.45, 7) is 0. The zero-order chi connectivity index (χ0) is 19.8. The van der Waals surface area contributed by atoms with E-state index in [2.05, 4.69) is 14.9 Å². The van der Waals surface area contributed by atoms with Crippen molar-refractivity contribution in [2.75, 3.05) is 22.6 Å². The summed E-state index contributed by atoms with van der Waals surface area (Å²) in [5.41, 5.74) is 1.40. The molecule has 0 fully saturated rings. The third-order valence-corrected chi connectivity index (χ3v) is 4.86. The van der Waals surface area contributed by atoms with Gasteiger partial charge in [-0.25, -0.2) is 21.8 Å². The van der Waals surface area contributed by atoms with Crippen LogP contribution in [0.1, 0.15) is 22.1 Å². The number of sulfonamides is 2. The molecule has 0 spiro atoms. The maximum Gasteiger partial charge on any atom is 0.273 e. The lowest BCUT2D eigenvalue weighted by Crippen LogP contribution is -2.52. The molecule has 3 N–H and O–H groups in total. The van der Waals surface area contributed by atoms with E-state index in [-0.39, 0.29) is 5.69 Å². The molecule has 1 aliphatic heterocycles. The number of hydrogen-bond acceptors (Lipinski definition) is 6. The van der Waals surface area contributed by atoms with E-state index in [1.807, 2.05) is 0 Å². The Morgan fingerprint density at radius 3 is 2.22 bits per heavy atom. The second kappa shape index (κ2) is 6.83. The molecule has 1 atom stereocenters. The SMILES string of the molecule is CS(=O)(=O)Nc1ccccc1C1Nc2ccccc2C(=O)N1NS(C)(=O)=O. The van der Waals surface area contributed by atoms with E-state index in [4.69, 9.17) is 0 Å². The molecule has 1 heterocycles. The first-order valence-corrected chi connectivity index (χ1v) is 11.6. The van der Waals surface area contributed by atoms with Crippen LogP contribution in [0.2, 0.25) is 0 Å². The predicted molar refractivity (Wildman–Crippen MR) is 102 cm³/mol. The molecular weight excluding hydrogens is 392 g/mol. The predicted octanol–water partition coefficient (Wildman–Crippen LogP) is 1.09. The van der Waals surface area contributed by atoms with Crippen molar-refractivity contribution < 1.29 is 21.6 Å². The van der Waals surface area contributed by atoms with E-state index in [0.717, 1.165) is 17.5 Å². The number of hydrogen-bond donors (Lipinski definition) is 3. The molecule has 0 aliphatic carbocycles. The van der Waals surface area contributed by atoms with Gasteiger partial charge in [0, 0.05) is 11.3 Å². The van der Waals surface area contributed by atoms with E-state index >= 15 is 0 Å². The Balaban J connectivity index is 2.14. The highest BCUT2D eigenvalue weighted by Crippen LogP contribution is 2.35. The lowest BCUT2D eigenvalue weighted by molar-refractivity contribution is 0.0634. The molecule has 11 heteroatoms. The quantitative estimate of drug-likeness (QED) is 0.678. The van der Waals surface area contributed by atoms with E-state index in [9.17, 15) is 21.6 Å². The Hall–Kier alpha value is -2.63. The maximum absolute atomic E-state index is 12.9. The highest BCUT2D eigenvalue weighted by atomic mass is 32.2. The Labute approximate surface area is 157 Å². The highest BCUT2D eigenvalue weighted by Gasteiger charge is 2.36. The summed E-state index contributed by atoms with van der Waals surface area (Å²) in [7, 11) is -7.36. The van der Waals surface area contributed by atoms with Gasteiger partial charge in [-0.3, -0.25) is 9.52 Å². The fraction of sp³-hybridized carbons (Fsp3) is 0.188. The normalized spacial score (nSPS) is 17.2. The Bertz CT molecular complexity index is 1100. The maximum atomic E-state index is 12.9. The van der Waals surface area contributed by atoms with Crippen LogP contribution in [0, 0.1) is 0 Å². The summed E-state index contributed by atoms with van der Waals surface area (Å²) in [4.78, 5) is 15.1. The first kappa shape index (κ1) is 19.1. The van der Waals surface area contributed by atoms with Crippen LogP contribution in [-0.2, 0) is 20.0 Å². The summed E-state index contributed by atoms with van der Waals surface area (Å²) in [6.07, 6.45) is 0.969. The Morgan fingerprint density at radius 1 is 0.926 bits per heavy atom. The lowest BCUT2D eigenvalue weighted by atomic mass is 10.0. The first-order chi connectivity index (χ1) is 12.6. The minimum atomic E-state index is -3.77. The summed E-state index contributed by atoms with van der Waals surface area (Å²) < 4.78 is 49.4. The number of anilines is 2. The highest BCUT2D eigenvalue weighted by molar-refractivity contribution is 7.92. The second-order valence-electron chi connectivity index (χ2n) is 6.09. The zero-order valence-electron chi connectivity index (χ0n) is 14.5. The van der Waals surface area contributed by atoms with Crippen molar-refractivity contribution in [3.63, 3.8) is 0 Å². The van der Waals surface area contributed by atoms with Crippen LogP contribution in [0.15, 0.2) is 48.5 Å². The van der Waals surface area contributed by atoms with Crippen molar-refractivity contribution in [2.45, 2.75) is 6.17 Å². The molecule has 2 aromatic rings. The zero-order valence-corrected chi connectivity index (χ0v) is 16.1. The van der Waals surface area contributed by atoms with Gasteiger partial charge in [-0.1, -0.05) is 30.3 Å². The standard InChI is InChI=1S/C16H18N4O5S2/c1-26(22,23)18-14-10-6-3-7-11(14)15-17-13-9-5-4-8-12(13)16(21)20(15)19-27(2,24)25/h3-10,15,17-19H,1-2H3. The fourth-order valence-electron chi connectivity index (χ4n) is 2.77. The van der Waals surface area contributed by atoms with Gasteiger partial charge in [0.25, 0.3) is 5.91 Å². The smallest absolute Gasteiger partial charge is 0.273 e. The second-order valence-corrected chi connectivity index (χ2v) is 9.57. The topological polar surface area (TPSA) is 125 Å². The molecule has 2 aromatic carbocycles. The van der Waals surface area contributed by atoms with Crippen LogP contribution in [-0.4, -0.2) is 40.3 Å². The Kier molecular flexibility index (Phi) is 4.84. The minimum absolute atomic E-state index is 0.227. The molecule has 9 nitrogen and oxygen atoms in total. The van der Waals surface area contributed by atoms with Gasteiger partial charge in [0.05, 0.1) is 23.8 Å². The molecule has 144 valence electrons. The van der Waals surface area contributed by atoms with Gasteiger partial charge >= 0.3 is 0 Å². The van der Waals surface area contributed by atoms with E-state index in [0.29, 0.717) is 16.8 Å². The summed E-state index contributed by atoms with van der Waals surface area (Å²) in [5, 5.41) is 4.02. The van der Waals surface area contributed by atoms with Crippen LogP contribution in [0.5, 0.6) is 0 Å². The van der Waals surface area contributed by atoms with E-state index in [1.54, 1.807) is 42.5 Å². The molecule has 1 unspecified atom stereocenters. The number of carbonyl (C=O) groups excluding carboxylic acids is 1. The van der Waals surface area contributed by atoms with Gasteiger partial charge in [0.1, 0.15) is 6.17 Å². The molecule has 0 saturated carbocycles. The van der Waals surface area contributed by atoms with E-state index in [1.165, 1.54) is 6.07 Å². The van der Waals surface area contributed by atoms with Crippen LogP contribution in [0.25, 0.3) is 0 Å². The van der Waals surface area contributed by atoms with Gasteiger partial charge in [0.15, 0.2) is 0 Å². The van der Waals surface area contributed by atoms with Gasteiger partial charge < -0.3 is 5.32 Å². The van der Waals surface area contributed by atoms with Crippen LogP contribution in [0.3, 0.4) is 0 Å². The third-order valence-electron chi connectivity index (χ3n) is 3.74. The number of para-hydroxylation sites is 2. The molecule has 27 heavy (non-hydrogen) atoms. The van der Waals surface area contributed by atoms with Crippen molar-refractivity contribution in [3.05, 3.63) is 59.7 Å². The van der Waals surface area contributed by atoms with Crippen molar-refractivity contribution >= 4 is 37.3 Å². The van der Waals surface area contributed by atoms with Crippen molar-refractivity contribution in [3.8, 4) is 0 Å². The fourth-order valence-corrected chi connectivity index (χ4v) is 3.90. The molecular formula is C16H18N4O5S2. The van der Waals surface area contributed by atoms with Gasteiger partial charge in [-0.2, -0.15) is 0 Å². The average molecular weight is 410 g/mol. The Morgan fingerprint density at radius 2 is 1.56 bits per heavy atom. The minimum Gasteiger partial charge on any atom is -0.360 e. The molecule has 0 aromatic heterocycles. The number of nitrogens with zero attached hydrogens (tertiary/aromatic N) is 1. The third kappa shape index (κ3) is 4.38. The summed E-state index contributed by atoms with van der Waals surface area (Å²) in [6, 6.07) is 13.1. The molecule has 3 rings (SSSR count). The van der Waals surface area contributed by atoms with Gasteiger partial charge in [-0.05, 0) is 18.2 Å². The van der Waals surface area contributed by atoms with Crippen molar-refractivity contribution in [2.24, 2.45) is 0 Å². The number of fused-ring (bicyclic) bond motifs is 1. The number of hydrazine groups is 1. The number of rotatable bonds is 5. The number of nitrogens with one attached hydrogen (secondary N) is 3. The lowest BCUT2D eigenvalue weighted by Gasteiger charge is -2.37. The van der Waals surface area contributed by atoms with Crippen LogP contribution >= 0.6 is 0 Å².